The van der Waals surface area contributed by atoms with E-state index in [4.69, 9.17) is 0 Å². The van der Waals surface area contributed by atoms with Crippen molar-refractivity contribution in [3.63, 3.8) is 0 Å². The molecule has 120 valence electrons. The molecule has 0 saturated carbocycles. The van der Waals surface area contributed by atoms with Gasteiger partial charge in [-0.2, -0.15) is 0 Å². The Kier molecular flexibility index (Phi) is 8.94. The summed E-state index contributed by atoms with van der Waals surface area (Å²) in [6.07, 6.45) is 5.54. The van der Waals surface area contributed by atoms with Crippen LogP contribution in [0.4, 0.5) is 0 Å². The number of hydrogen-bond acceptors (Lipinski definition) is 3. The summed E-state index contributed by atoms with van der Waals surface area (Å²) in [5.74, 6) is 0. The SMILES string of the molecule is CCCCc1cc(CCCC)c2ccccc2c1S(=O)(=O)[O-].[K+]. The first-order valence-corrected chi connectivity index (χ1v) is 9.39. The van der Waals surface area contributed by atoms with Gasteiger partial charge in [0.2, 0.25) is 0 Å². The molecule has 2 rings (SSSR count). The van der Waals surface area contributed by atoms with Gasteiger partial charge in [0.1, 0.15) is 10.1 Å². The van der Waals surface area contributed by atoms with Crippen molar-refractivity contribution < 1.29 is 64.4 Å². The molecule has 23 heavy (non-hydrogen) atoms. The van der Waals surface area contributed by atoms with Gasteiger partial charge in [-0.25, -0.2) is 8.42 Å². The van der Waals surface area contributed by atoms with Crippen LogP contribution >= 0.6 is 0 Å². The maximum atomic E-state index is 11.8. The van der Waals surface area contributed by atoms with E-state index in [0.717, 1.165) is 43.1 Å². The molecule has 0 heterocycles. The molecule has 0 aliphatic carbocycles. The van der Waals surface area contributed by atoms with Gasteiger partial charge in [-0.05, 0) is 47.6 Å². The Morgan fingerprint density at radius 1 is 0.913 bits per heavy atom. The Morgan fingerprint density at radius 2 is 1.43 bits per heavy atom. The standard InChI is InChI=1S/C18H24O3S.K/c1-3-5-9-14-13-15(10-6-4-2)18(22(19,20)21)17-12-8-7-11-16(14)17;/h7-8,11-13H,3-6,9-10H2,1-2H3,(H,19,20,21);/q;+1/p-1. The van der Waals surface area contributed by atoms with Crippen LogP contribution in [0.3, 0.4) is 0 Å². The Hall–Kier alpha value is 0.246. The molecule has 0 aliphatic rings. The van der Waals surface area contributed by atoms with Crippen LogP contribution in [0.1, 0.15) is 50.7 Å². The molecule has 2 aromatic rings. The molecule has 0 atom stereocenters. The van der Waals surface area contributed by atoms with E-state index in [9.17, 15) is 13.0 Å². The van der Waals surface area contributed by atoms with Gasteiger partial charge >= 0.3 is 51.4 Å². The Bertz CT molecular complexity index is 754. The molecule has 0 aliphatic heterocycles. The minimum absolute atomic E-state index is 0. The van der Waals surface area contributed by atoms with Crippen LogP contribution in [-0.4, -0.2) is 13.0 Å². The van der Waals surface area contributed by atoms with Crippen molar-refractivity contribution in [2.75, 3.05) is 0 Å². The third kappa shape index (κ3) is 5.36. The fourth-order valence-corrected chi connectivity index (χ4v) is 3.84. The van der Waals surface area contributed by atoms with Crippen molar-refractivity contribution in [2.24, 2.45) is 0 Å². The number of unbranched alkanes of at least 4 members (excludes halogenated alkanes) is 2. The molecule has 2 aromatic carbocycles. The van der Waals surface area contributed by atoms with Crippen LogP contribution in [0.5, 0.6) is 0 Å². The summed E-state index contributed by atoms with van der Waals surface area (Å²) in [4.78, 5) is -0.0169. The zero-order valence-corrected chi connectivity index (χ0v) is 18.2. The maximum absolute atomic E-state index is 11.8. The van der Waals surface area contributed by atoms with E-state index in [1.54, 1.807) is 12.1 Å². The quantitative estimate of drug-likeness (QED) is 0.556. The predicted octanol–water partition coefficient (Wildman–Crippen LogP) is 1.43. The van der Waals surface area contributed by atoms with E-state index >= 15 is 0 Å². The maximum Gasteiger partial charge on any atom is 1.00 e. The summed E-state index contributed by atoms with van der Waals surface area (Å²) in [5.41, 5.74) is 1.83. The number of rotatable bonds is 7. The van der Waals surface area contributed by atoms with Crippen LogP contribution in [0, 0.1) is 0 Å². The Labute approximate surface area is 182 Å². The van der Waals surface area contributed by atoms with Crippen molar-refractivity contribution in [1.29, 1.82) is 0 Å². The van der Waals surface area contributed by atoms with E-state index in [2.05, 4.69) is 13.8 Å². The monoisotopic (exact) mass is 358 g/mol. The first-order valence-electron chi connectivity index (χ1n) is 7.98. The van der Waals surface area contributed by atoms with E-state index < -0.39 is 10.1 Å². The number of fused-ring (bicyclic) bond motifs is 1. The largest absolute Gasteiger partial charge is 1.00 e. The van der Waals surface area contributed by atoms with Crippen LogP contribution < -0.4 is 51.4 Å². The fourth-order valence-electron chi connectivity index (χ4n) is 2.91. The second-order valence-corrected chi connectivity index (χ2v) is 7.05. The summed E-state index contributed by atoms with van der Waals surface area (Å²) >= 11 is 0. The third-order valence-electron chi connectivity index (χ3n) is 4.01. The number of aryl methyl sites for hydroxylation is 2. The van der Waals surface area contributed by atoms with E-state index in [1.165, 1.54) is 0 Å². The Morgan fingerprint density at radius 3 is 1.96 bits per heavy atom. The number of hydrogen-bond donors (Lipinski definition) is 0. The normalized spacial score (nSPS) is 11.4. The number of benzene rings is 2. The fraction of sp³-hybridized carbons (Fsp3) is 0.444. The first-order chi connectivity index (χ1) is 10.5. The van der Waals surface area contributed by atoms with E-state index in [1.807, 2.05) is 18.2 Å². The molecule has 0 amide bonds. The average Bonchev–Trinajstić information content (AvgIpc) is 2.49. The minimum Gasteiger partial charge on any atom is -0.744 e. The predicted molar refractivity (Wildman–Crippen MR) is 89.1 cm³/mol. The molecule has 0 N–H and O–H groups in total. The van der Waals surface area contributed by atoms with Gasteiger partial charge in [0.05, 0.1) is 4.90 Å². The van der Waals surface area contributed by atoms with Gasteiger partial charge < -0.3 is 4.55 Å². The second-order valence-electron chi connectivity index (χ2n) is 5.73. The summed E-state index contributed by atoms with van der Waals surface area (Å²) < 4.78 is 35.4. The molecule has 0 unspecified atom stereocenters. The Balaban J connectivity index is 0.00000264. The zero-order chi connectivity index (χ0) is 16.2. The summed E-state index contributed by atoms with van der Waals surface area (Å²) in [7, 11) is -4.48. The second kappa shape index (κ2) is 9.66. The smallest absolute Gasteiger partial charge is 0.744 e. The van der Waals surface area contributed by atoms with Gasteiger partial charge in [-0.15, -0.1) is 0 Å². The van der Waals surface area contributed by atoms with Gasteiger partial charge in [-0.3, -0.25) is 0 Å². The van der Waals surface area contributed by atoms with Crippen LogP contribution in [0.25, 0.3) is 10.8 Å². The third-order valence-corrected chi connectivity index (χ3v) is 4.99. The summed E-state index contributed by atoms with van der Waals surface area (Å²) in [5, 5.41) is 1.47. The molecule has 0 radical (unpaired) electrons. The minimum atomic E-state index is -4.48. The van der Waals surface area contributed by atoms with Crippen molar-refractivity contribution in [3.05, 3.63) is 41.5 Å². The molecular formula is C18H23KO3S. The molecule has 5 heteroatoms. The molecule has 0 fully saturated rings. The van der Waals surface area contributed by atoms with Crippen LogP contribution in [-0.2, 0) is 23.0 Å². The molecule has 0 aromatic heterocycles. The zero-order valence-electron chi connectivity index (χ0n) is 14.3. The van der Waals surface area contributed by atoms with Crippen molar-refractivity contribution in [3.8, 4) is 0 Å². The molecule has 3 nitrogen and oxygen atoms in total. The van der Waals surface area contributed by atoms with Gasteiger partial charge in [0.25, 0.3) is 0 Å². The van der Waals surface area contributed by atoms with Crippen LogP contribution in [0.15, 0.2) is 35.2 Å². The van der Waals surface area contributed by atoms with Crippen molar-refractivity contribution in [1.82, 2.24) is 0 Å². The molecule has 0 saturated heterocycles. The van der Waals surface area contributed by atoms with Crippen molar-refractivity contribution in [2.45, 2.75) is 57.3 Å². The summed E-state index contributed by atoms with van der Waals surface area (Å²) in [6, 6.07) is 9.30. The topological polar surface area (TPSA) is 57.2 Å². The van der Waals surface area contributed by atoms with Gasteiger partial charge in [0, 0.05) is 0 Å². The first kappa shape index (κ1) is 21.3. The molecule has 0 bridgehead atoms. The van der Waals surface area contributed by atoms with E-state index in [0.29, 0.717) is 17.4 Å². The molecule has 0 spiro atoms. The van der Waals surface area contributed by atoms with Crippen molar-refractivity contribution >= 4 is 20.9 Å². The van der Waals surface area contributed by atoms with Crippen LogP contribution in [0.2, 0.25) is 0 Å². The summed E-state index contributed by atoms with van der Waals surface area (Å²) in [6.45, 7) is 4.20. The van der Waals surface area contributed by atoms with Gasteiger partial charge in [-0.1, -0.05) is 57.0 Å². The molecular weight excluding hydrogens is 335 g/mol. The van der Waals surface area contributed by atoms with Gasteiger partial charge in [0.15, 0.2) is 0 Å². The average molecular weight is 359 g/mol. The van der Waals surface area contributed by atoms with E-state index in [-0.39, 0.29) is 56.3 Å².